The van der Waals surface area contributed by atoms with Crippen molar-refractivity contribution in [2.45, 2.75) is 38.8 Å². The average molecular weight is 639 g/mol. The normalized spacial score (nSPS) is 10.5. The third kappa shape index (κ3) is 10.9. The highest BCUT2D eigenvalue weighted by Crippen LogP contribution is 2.14. The molecule has 0 saturated carbocycles. The molecule has 0 aliphatic heterocycles. The number of carbonyl (C=O) groups is 2. The molecule has 0 aliphatic rings. The predicted octanol–water partition coefficient (Wildman–Crippen LogP) is 1.80. The fraction of sp³-hybridized carbons (Fsp3) is 0.259. The minimum atomic E-state index is -3.75. The molecule has 0 saturated heterocycles. The molecule has 17 nitrogen and oxygen atoms in total. The molecule has 0 fully saturated rings. The molecule has 0 unspecified atom stereocenters. The standard InChI is InChI=1S/C13H14N2O3S.C10H11N5O2.C4H5N3O2/c1-10-3-5-13(6-4-10)19(16,17)18-9-12-8-14-11(2)7-15-12;1-7-3-12-8(4-11-7)5-15-6-13-9(14-15)10(16)17-2;1-9-4(8)3-5-2-6-7-3/h3-8H,9H2,1-2H3;3-4,6H,5H2,1-2H3;2H,1H3,(H,5,6,7). The Morgan fingerprint density at radius 3 is 1.96 bits per heavy atom. The van der Waals surface area contributed by atoms with Gasteiger partial charge in [0.15, 0.2) is 0 Å². The predicted molar refractivity (Wildman–Crippen MR) is 155 cm³/mol. The molecule has 1 aromatic carbocycles. The highest BCUT2D eigenvalue weighted by molar-refractivity contribution is 7.86. The van der Waals surface area contributed by atoms with Gasteiger partial charge in [-0.05, 0) is 32.9 Å². The van der Waals surface area contributed by atoms with Crippen LogP contribution in [0.2, 0.25) is 0 Å². The van der Waals surface area contributed by atoms with Crippen LogP contribution < -0.4 is 0 Å². The fourth-order valence-corrected chi connectivity index (χ4v) is 3.91. The first-order valence-corrected chi connectivity index (χ1v) is 14.3. The van der Waals surface area contributed by atoms with Crippen LogP contribution in [0.15, 0.2) is 66.6 Å². The SMILES string of the molecule is COC(=O)c1ncn(Cc2cnc(C)cn2)n1.COC(=O)c1ncn[nH]1.Cc1ccc(S(=O)(=O)OCc2cnc(C)cn2)cc1. The third-order valence-corrected chi connectivity index (χ3v) is 6.64. The van der Waals surface area contributed by atoms with Crippen LogP contribution in [0.1, 0.15) is 49.6 Å². The Balaban J connectivity index is 0.000000195. The summed E-state index contributed by atoms with van der Waals surface area (Å²) in [5.74, 6) is -0.906. The Bertz CT molecular complexity index is 1760. The molecule has 0 spiro atoms. The first kappa shape index (κ1) is 34.0. The van der Waals surface area contributed by atoms with E-state index in [4.69, 9.17) is 4.18 Å². The molecule has 1 N–H and O–H groups in total. The van der Waals surface area contributed by atoms with E-state index in [2.05, 4.69) is 54.7 Å². The summed E-state index contributed by atoms with van der Waals surface area (Å²) in [7, 11) is -1.18. The van der Waals surface area contributed by atoms with Gasteiger partial charge in [0.25, 0.3) is 15.9 Å². The van der Waals surface area contributed by atoms with Crippen LogP contribution in [0.25, 0.3) is 0 Å². The number of aromatic nitrogens is 10. The van der Waals surface area contributed by atoms with E-state index in [9.17, 15) is 18.0 Å². The van der Waals surface area contributed by atoms with Gasteiger partial charge < -0.3 is 9.47 Å². The second-order valence-corrected chi connectivity index (χ2v) is 10.5. The molecular weight excluding hydrogens is 608 g/mol. The maximum atomic E-state index is 11.9. The number of carbonyl (C=O) groups excluding carboxylic acids is 2. The van der Waals surface area contributed by atoms with Crippen molar-refractivity contribution in [3.63, 3.8) is 0 Å². The van der Waals surface area contributed by atoms with Gasteiger partial charge >= 0.3 is 11.9 Å². The molecule has 0 bridgehead atoms. The lowest BCUT2D eigenvalue weighted by Gasteiger charge is -2.05. The van der Waals surface area contributed by atoms with E-state index in [1.807, 2.05) is 13.8 Å². The maximum absolute atomic E-state index is 11.9. The molecule has 4 heterocycles. The number of esters is 2. The molecule has 0 amide bonds. The lowest BCUT2D eigenvalue weighted by molar-refractivity contribution is 0.0578. The van der Waals surface area contributed by atoms with Crippen LogP contribution in [-0.2, 0) is 36.9 Å². The number of nitrogens with zero attached hydrogens (tertiary/aromatic N) is 9. The maximum Gasteiger partial charge on any atom is 0.377 e. The zero-order valence-corrected chi connectivity index (χ0v) is 25.8. The van der Waals surface area contributed by atoms with Gasteiger partial charge in [0.1, 0.15) is 19.3 Å². The average Bonchev–Trinajstić information content (AvgIpc) is 3.75. The summed E-state index contributed by atoms with van der Waals surface area (Å²) in [6.45, 7) is 5.85. The number of rotatable bonds is 8. The Hall–Kier alpha value is -5.49. The molecular formula is C27H30N10O7S. The van der Waals surface area contributed by atoms with Crippen molar-refractivity contribution >= 4 is 22.1 Å². The molecule has 0 radical (unpaired) electrons. The zero-order chi connectivity index (χ0) is 32.8. The number of ether oxygens (including phenoxy) is 2. The number of aryl methyl sites for hydroxylation is 3. The summed E-state index contributed by atoms with van der Waals surface area (Å²) in [5.41, 5.74) is 3.83. The van der Waals surface area contributed by atoms with Crippen molar-refractivity contribution in [1.82, 2.24) is 49.9 Å². The number of nitrogens with one attached hydrogen (secondary N) is 1. The van der Waals surface area contributed by atoms with Crippen LogP contribution in [0.4, 0.5) is 0 Å². The van der Waals surface area contributed by atoms with Gasteiger partial charge in [-0.3, -0.25) is 29.2 Å². The minimum absolute atomic E-state index is 0.0348. The lowest BCUT2D eigenvalue weighted by atomic mass is 10.2. The summed E-state index contributed by atoms with van der Waals surface area (Å²) in [6.07, 6.45) is 9.10. The number of hydrogen-bond acceptors (Lipinski definition) is 15. The number of aromatic amines is 1. The Kier molecular flexibility index (Phi) is 12.4. The van der Waals surface area contributed by atoms with E-state index in [1.54, 1.807) is 37.6 Å². The van der Waals surface area contributed by atoms with Gasteiger partial charge in [-0.1, -0.05) is 17.7 Å². The lowest BCUT2D eigenvalue weighted by Crippen LogP contribution is -2.07. The largest absolute Gasteiger partial charge is 0.463 e. The van der Waals surface area contributed by atoms with Gasteiger partial charge in [0, 0.05) is 12.4 Å². The van der Waals surface area contributed by atoms with Crippen LogP contribution in [0.5, 0.6) is 0 Å². The Morgan fingerprint density at radius 2 is 1.42 bits per heavy atom. The number of hydrogen-bond donors (Lipinski definition) is 1. The second kappa shape index (κ2) is 16.4. The van der Waals surface area contributed by atoms with Crippen molar-refractivity contribution in [2.24, 2.45) is 0 Å². The summed E-state index contributed by atoms with van der Waals surface area (Å²) in [5, 5.41) is 9.77. The molecule has 0 aliphatic carbocycles. The van der Waals surface area contributed by atoms with E-state index in [1.165, 1.54) is 49.9 Å². The fourth-order valence-electron chi connectivity index (χ4n) is 3.03. The van der Waals surface area contributed by atoms with Crippen molar-refractivity contribution in [3.05, 3.63) is 102 Å². The smallest absolute Gasteiger partial charge is 0.377 e. The van der Waals surface area contributed by atoms with Gasteiger partial charge in [-0.2, -0.15) is 13.5 Å². The van der Waals surface area contributed by atoms with Crippen LogP contribution in [-0.4, -0.2) is 84.5 Å². The highest BCUT2D eigenvalue weighted by Gasteiger charge is 2.15. The van der Waals surface area contributed by atoms with E-state index < -0.39 is 22.1 Å². The van der Waals surface area contributed by atoms with Crippen molar-refractivity contribution < 1.29 is 31.7 Å². The molecule has 4 aromatic heterocycles. The molecule has 45 heavy (non-hydrogen) atoms. The molecule has 236 valence electrons. The van der Waals surface area contributed by atoms with Gasteiger partial charge in [0.05, 0.1) is 60.8 Å². The van der Waals surface area contributed by atoms with Gasteiger partial charge in [-0.15, -0.1) is 5.10 Å². The highest BCUT2D eigenvalue weighted by atomic mass is 32.2. The Labute approximate surface area is 258 Å². The second-order valence-electron chi connectivity index (χ2n) is 8.91. The summed E-state index contributed by atoms with van der Waals surface area (Å²) in [4.78, 5) is 45.5. The number of methoxy groups -OCH3 is 2. The van der Waals surface area contributed by atoms with Gasteiger partial charge in [-0.25, -0.2) is 24.2 Å². The first-order chi connectivity index (χ1) is 21.5. The number of benzene rings is 1. The molecule has 5 rings (SSSR count). The van der Waals surface area contributed by atoms with E-state index in [0.29, 0.717) is 12.2 Å². The van der Waals surface area contributed by atoms with Crippen molar-refractivity contribution in [2.75, 3.05) is 14.2 Å². The topological polar surface area (TPSA) is 220 Å². The van der Waals surface area contributed by atoms with Crippen LogP contribution in [0, 0.1) is 20.8 Å². The third-order valence-electron chi connectivity index (χ3n) is 5.36. The molecule has 0 atom stereocenters. The zero-order valence-electron chi connectivity index (χ0n) is 25.0. The molecule has 5 aromatic rings. The monoisotopic (exact) mass is 638 g/mol. The van der Waals surface area contributed by atoms with E-state index in [0.717, 1.165) is 22.6 Å². The van der Waals surface area contributed by atoms with Crippen molar-refractivity contribution in [3.8, 4) is 0 Å². The molecule has 18 heteroatoms. The quantitative estimate of drug-likeness (QED) is 0.189. The van der Waals surface area contributed by atoms with E-state index >= 15 is 0 Å². The van der Waals surface area contributed by atoms with E-state index in [-0.39, 0.29) is 23.2 Å². The summed E-state index contributed by atoms with van der Waals surface area (Å²) < 4.78 is 39.1. The minimum Gasteiger partial charge on any atom is -0.463 e. The van der Waals surface area contributed by atoms with Gasteiger partial charge in [0.2, 0.25) is 5.82 Å². The van der Waals surface area contributed by atoms with Crippen LogP contribution >= 0.6 is 0 Å². The number of H-pyrrole nitrogens is 1. The van der Waals surface area contributed by atoms with Crippen molar-refractivity contribution in [1.29, 1.82) is 0 Å². The first-order valence-electron chi connectivity index (χ1n) is 12.9. The summed E-state index contributed by atoms with van der Waals surface area (Å²) >= 11 is 0. The Morgan fingerprint density at radius 1 is 0.800 bits per heavy atom. The van der Waals surface area contributed by atoms with Crippen LogP contribution in [0.3, 0.4) is 0 Å². The summed E-state index contributed by atoms with van der Waals surface area (Å²) in [6, 6.07) is 6.49.